The van der Waals surface area contributed by atoms with Gasteiger partial charge in [-0.25, -0.2) is 9.10 Å². The highest BCUT2D eigenvalue weighted by Gasteiger charge is 2.12. The van der Waals surface area contributed by atoms with Crippen LogP contribution >= 0.6 is 24.2 Å². The molecular formula is C9H7NO2S2. The molecule has 5 heteroatoms. The van der Waals surface area contributed by atoms with Crippen molar-refractivity contribution in [1.29, 1.82) is 0 Å². The first-order valence-corrected chi connectivity index (χ1v) is 5.10. The van der Waals surface area contributed by atoms with Gasteiger partial charge in [-0.05, 0) is 17.5 Å². The zero-order chi connectivity index (χ0) is 10.1. The normalized spacial score (nSPS) is 10.4. The fourth-order valence-electron chi connectivity index (χ4n) is 1.17. The van der Waals surface area contributed by atoms with Crippen molar-refractivity contribution in [1.82, 2.24) is 0 Å². The van der Waals surface area contributed by atoms with E-state index in [1.165, 1.54) is 11.3 Å². The van der Waals surface area contributed by atoms with Crippen molar-refractivity contribution in [2.24, 2.45) is 0 Å². The number of anilines is 1. The summed E-state index contributed by atoms with van der Waals surface area (Å²) in [6.45, 7) is 0. The summed E-state index contributed by atoms with van der Waals surface area (Å²) in [5, 5.41) is 10.4. The Labute approximate surface area is 90.1 Å². The highest BCUT2D eigenvalue weighted by Crippen LogP contribution is 2.33. The van der Waals surface area contributed by atoms with Gasteiger partial charge in [0.2, 0.25) is 0 Å². The van der Waals surface area contributed by atoms with Crippen LogP contribution in [0.2, 0.25) is 0 Å². The van der Waals surface area contributed by atoms with Gasteiger partial charge in [-0.15, -0.1) is 11.3 Å². The second-order valence-corrected chi connectivity index (χ2v) is 4.18. The van der Waals surface area contributed by atoms with E-state index < -0.39 is 6.09 Å². The number of hydrogen-bond acceptors (Lipinski definition) is 3. The maximum atomic E-state index is 10.6. The van der Waals surface area contributed by atoms with Crippen LogP contribution in [0.1, 0.15) is 0 Å². The van der Waals surface area contributed by atoms with Crippen LogP contribution in [0.25, 0.3) is 10.1 Å². The average Bonchev–Trinajstić information content (AvgIpc) is 2.59. The Hall–Kier alpha value is -1.20. The summed E-state index contributed by atoms with van der Waals surface area (Å²) in [5.41, 5.74) is 0. The van der Waals surface area contributed by atoms with Gasteiger partial charge in [0.05, 0.1) is 0 Å². The number of carbonyl (C=O) groups is 1. The Morgan fingerprint density at radius 1 is 1.43 bits per heavy atom. The second-order valence-electron chi connectivity index (χ2n) is 2.72. The van der Waals surface area contributed by atoms with E-state index in [1.54, 1.807) is 6.07 Å². The van der Waals surface area contributed by atoms with Crippen molar-refractivity contribution >= 4 is 45.3 Å². The summed E-state index contributed by atoms with van der Waals surface area (Å²) in [6.07, 6.45) is -1.07. The molecule has 0 bridgehead atoms. The Morgan fingerprint density at radius 3 is 2.79 bits per heavy atom. The average molecular weight is 225 g/mol. The standard InChI is InChI=1S/C9H7NO2S2/c11-9(12)10(13)8-5-6-3-1-2-4-7(6)14-8/h1-5,13H,(H,11,12). The fourth-order valence-corrected chi connectivity index (χ4v) is 2.31. The lowest BCUT2D eigenvalue weighted by atomic mass is 10.3. The number of hydrogen-bond donors (Lipinski definition) is 2. The van der Waals surface area contributed by atoms with Crippen LogP contribution in [0.15, 0.2) is 30.3 Å². The van der Waals surface area contributed by atoms with Crippen molar-refractivity contribution in [3.8, 4) is 0 Å². The molecule has 0 spiro atoms. The van der Waals surface area contributed by atoms with Crippen LogP contribution < -0.4 is 4.31 Å². The lowest BCUT2D eigenvalue weighted by Gasteiger charge is -2.06. The van der Waals surface area contributed by atoms with E-state index in [2.05, 4.69) is 12.8 Å². The maximum absolute atomic E-state index is 10.6. The van der Waals surface area contributed by atoms with E-state index in [9.17, 15) is 4.79 Å². The van der Waals surface area contributed by atoms with E-state index in [-0.39, 0.29) is 0 Å². The number of carboxylic acid groups (broad SMARTS) is 1. The van der Waals surface area contributed by atoms with E-state index in [0.717, 1.165) is 14.4 Å². The zero-order valence-electron chi connectivity index (χ0n) is 7.04. The predicted molar refractivity (Wildman–Crippen MR) is 61.3 cm³/mol. The van der Waals surface area contributed by atoms with Gasteiger partial charge in [0.25, 0.3) is 0 Å². The third-order valence-corrected chi connectivity index (χ3v) is 3.43. The van der Waals surface area contributed by atoms with Crippen molar-refractivity contribution in [3.05, 3.63) is 30.3 Å². The van der Waals surface area contributed by atoms with Gasteiger partial charge in [0.15, 0.2) is 0 Å². The van der Waals surface area contributed by atoms with Crippen LogP contribution in [0.5, 0.6) is 0 Å². The molecule has 1 aromatic carbocycles. The molecule has 2 rings (SSSR count). The first kappa shape index (κ1) is 9.36. The van der Waals surface area contributed by atoms with Crippen LogP contribution in [0.4, 0.5) is 9.80 Å². The van der Waals surface area contributed by atoms with E-state index in [4.69, 9.17) is 5.11 Å². The van der Waals surface area contributed by atoms with Crippen LogP contribution in [0, 0.1) is 0 Å². The van der Waals surface area contributed by atoms with Gasteiger partial charge in [0.1, 0.15) is 5.00 Å². The smallest absolute Gasteiger partial charge is 0.422 e. The second kappa shape index (κ2) is 3.51. The summed E-state index contributed by atoms with van der Waals surface area (Å²) >= 11 is 5.27. The van der Waals surface area contributed by atoms with Gasteiger partial charge in [-0.2, -0.15) is 0 Å². The summed E-state index contributed by atoms with van der Waals surface area (Å²) in [7, 11) is 0. The number of nitrogens with zero attached hydrogens (tertiary/aromatic N) is 1. The monoisotopic (exact) mass is 225 g/mol. The lowest BCUT2D eigenvalue weighted by Crippen LogP contribution is -2.16. The van der Waals surface area contributed by atoms with Gasteiger partial charge >= 0.3 is 6.09 Å². The summed E-state index contributed by atoms with van der Waals surface area (Å²) < 4.78 is 1.98. The molecule has 1 aromatic heterocycles. The van der Waals surface area contributed by atoms with Gasteiger partial charge in [0, 0.05) is 4.70 Å². The number of fused-ring (bicyclic) bond motifs is 1. The predicted octanol–water partition coefficient (Wildman–Crippen LogP) is 3.23. The molecule has 14 heavy (non-hydrogen) atoms. The molecule has 0 saturated heterocycles. The maximum Gasteiger partial charge on any atom is 0.422 e. The summed E-state index contributed by atoms with van der Waals surface area (Å²) in [5.74, 6) is 0. The highest BCUT2D eigenvalue weighted by molar-refractivity contribution is 7.83. The van der Waals surface area contributed by atoms with E-state index >= 15 is 0 Å². The van der Waals surface area contributed by atoms with Gasteiger partial charge in [-0.3, -0.25) is 0 Å². The molecule has 0 aliphatic rings. The Balaban J connectivity index is 2.50. The first-order chi connectivity index (χ1) is 6.68. The number of thiol groups is 1. The quantitative estimate of drug-likeness (QED) is 0.731. The highest BCUT2D eigenvalue weighted by atomic mass is 32.1. The van der Waals surface area contributed by atoms with Crippen molar-refractivity contribution in [2.75, 3.05) is 4.31 Å². The van der Waals surface area contributed by atoms with E-state index in [1.807, 2.05) is 24.3 Å². The Kier molecular flexibility index (Phi) is 2.35. The van der Waals surface area contributed by atoms with Crippen molar-refractivity contribution in [2.45, 2.75) is 0 Å². The van der Waals surface area contributed by atoms with Gasteiger partial charge in [-0.1, -0.05) is 31.0 Å². The molecule has 0 radical (unpaired) electrons. The number of amides is 1. The van der Waals surface area contributed by atoms with E-state index in [0.29, 0.717) is 5.00 Å². The molecular weight excluding hydrogens is 218 g/mol. The minimum atomic E-state index is -1.07. The molecule has 3 nitrogen and oxygen atoms in total. The molecule has 2 aromatic rings. The minimum Gasteiger partial charge on any atom is -0.464 e. The van der Waals surface area contributed by atoms with Crippen LogP contribution in [0.3, 0.4) is 0 Å². The molecule has 0 saturated carbocycles. The van der Waals surface area contributed by atoms with Gasteiger partial charge < -0.3 is 5.11 Å². The Bertz CT molecular complexity index is 447. The Morgan fingerprint density at radius 2 is 2.14 bits per heavy atom. The number of thiophene rings is 1. The number of benzene rings is 1. The SMILES string of the molecule is O=C(O)N(S)c1cc2ccccc2s1. The number of rotatable bonds is 1. The molecule has 0 aliphatic heterocycles. The van der Waals surface area contributed by atoms with Crippen molar-refractivity contribution in [3.63, 3.8) is 0 Å². The lowest BCUT2D eigenvalue weighted by molar-refractivity contribution is 0.207. The third-order valence-electron chi connectivity index (χ3n) is 1.80. The topological polar surface area (TPSA) is 40.5 Å². The van der Waals surface area contributed by atoms with Crippen molar-refractivity contribution < 1.29 is 9.90 Å². The molecule has 1 amide bonds. The molecule has 0 atom stereocenters. The largest absolute Gasteiger partial charge is 0.464 e. The molecule has 1 heterocycles. The minimum absolute atomic E-state index is 0.613. The molecule has 0 fully saturated rings. The molecule has 0 aliphatic carbocycles. The van der Waals surface area contributed by atoms with Crippen LogP contribution in [-0.2, 0) is 0 Å². The zero-order valence-corrected chi connectivity index (χ0v) is 8.76. The summed E-state index contributed by atoms with van der Waals surface area (Å²) in [6, 6.07) is 9.54. The first-order valence-electron chi connectivity index (χ1n) is 3.89. The molecule has 0 unspecified atom stereocenters. The summed E-state index contributed by atoms with van der Waals surface area (Å²) in [4.78, 5) is 10.6. The third kappa shape index (κ3) is 1.56. The van der Waals surface area contributed by atoms with Crippen LogP contribution in [-0.4, -0.2) is 11.2 Å². The molecule has 1 N–H and O–H groups in total. The fraction of sp³-hybridized carbons (Fsp3) is 0. The molecule has 72 valence electrons.